The van der Waals surface area contributed by atoms with Crippen molar-refractivity contribution < 1.29 is 8.78 Å². The highest BCUT2D eigenvalue weighted by Crippen LogP contribution is 2.28. The monoisotopic (exact) mass is 291 g/mol. The maximum absolute atomic E-state index is 14.3. The van der Waals surface area contributed by atoms with Gasteiger partial charge in [0.25, 0.3) is 0 Å². The molecule has 5 heteroatoms. The zero-order valence-electron chi connectivity index (χ0n) is 12.7. The van der Waals surface area contributed by atoms with E-state index < -0.39 is 17.7 Å². The highest BCUT2D eigenvalue weighted by molar-refractivity contribution is 5.37. The van der Waals surface area contributed by atoms with Crippen molar-refractivity contribution in [2.75, 3.05) is 6.54 Å². The molecule has 3 nitrogen and oxygen atoms in total. The Kier molecular flexibility index (Phi) is 4.63. The molecule has 0 saturated carbocycles. The molecule has 0 spiro atoms. The van der Waals surface area contributed by atoms with Gasteiger partial charge in [0, 0.05) is 5.56 Å². The first-order valence-corrected chi connectivity index (χ1v) is 6.94. The second kappa shape index (κ2) is 6.26. The van der Waals surface area contributed by atoms with E-state index in [1.165, 1.54) is 0 Å². The van der Waals surface area contributed by atoms with E-state index in [1.54, 1.807) is 19.1 Å². The lowest BCUT2D eigenvalue weighted by Gasteiger charge is -2.21. The summed E-state index contributed by atoms with van der Waals surface area (Å²) in [5, 5.41) is 11.3. The maximum atomic E-state index is 14.3. The molecule has 2 rings (SSSR count). The Bertz CT molecular complexity index is 656. The molecule has 21 heavy (non-hydrogen) atoms. The summed E-state index contributed by atoms with van der Waals surface area (Å²) in [6.07, 6.45) is 0. The minimum Gasteiger partial charge on any atom is -0.306 e. The minimum atomic E-state index is -0.810. The van der Waals surface area contributed by atoms with Crippen LogP contribution in [0.3, 0.4) is 0 Å². The molecule has 1 atom stereocenters. The first-order valence-electron chi connectivity index (χ1n) is 6.94. The highest BCUT2D eigenvalue weighted by Gasteiger charge is 2.22. The molecule has 0 aliphatic carbocycles. The largest absolute Gasteiger partial charge is 0.306 e. The fourth-order valence-corrected chi connectivity index (χ4v) is 2.34. The van der Waals surface area contributed by atoms with Crippen LogP contribution in [0.5, 0.6) is 0 Å². The zero-order valence-corrected chi connectivity index (χ0v) is 12.7. The van der Waals surface area contributed by atoms with Gasteiger partial charge in [-0.2, -0.15) is 10.2 Å². The van der Waals surface area contributed by atoms with Crippen molar-refractivity contribution in [2.24, 2.45) is 0 Å². The Morgan fingerprint density at radius 3 is 2.43 bits per heavy atom. The van der Waals surface area contributed by atoms with Gasteiger partial charge in [-0.05, 0) is 44.5 Å². The van der Waals surface area contributed by atoms with Crippen LogP contribution in [-0.4, -0.2) is 16.7 Å². The van der Waals surface area contributed by atoms with E-state index in [9.17, 15) is 8.78 Å². The standard InChI is InChI=1S/C16H19F2N3/c1-5-19-16(13-8-10(3)20-21-11(13)4)12-7-6-9(2)14(17)15(12)18/h6-8,16,19H,5H2,1-4H3. The average molecular weight is 291 g/mol. The van der Waals surface area contributed by atoms with Gasteiger partial charge in [0.1, 0.15) is 0 Å². The van der Waals surface area contributed by atoms with Crippen molar-refractivity contribution in [3.63, 3.8) is 0 Å². The number of nitrogens with one attached hydrogen (secondary N) is 1. The molecule has 2 aromatic rings. The number of aromatic nitrogens is 2. The van der Waals surface area contributed by atoms with E-state index >= 15 is 0 Å². The summed E-state index contributed by atoms with van der Waals surface area (Å²) in [6, 6.07) is 4.62. The van der Waals surface area contributed by atoms with Crippen LogP contribution in [0.15, 0.2) is 18.2 Å². The highest BCUT2D eigenvalue weighted by atomic mass is 19.2. The molecule has 0 bridgehead atoms. The van der Waals surface area contributed by atoms with Crippen molar-refractivity contribution in [3.8, 4) is 0 Å². The molecule has 1 heterocycles. The number of benzene rings is 1. The first kappa shape index (κ1) is 15.5. The number of hydrogen-bond donors (Lipinski definition) is 1. The molecule has 1 aromatic carbocycles. The average Bonchev–Trinajstić information content (AvgIpc) is 2.46. The molecule has 0 amide bonds. The molecule has 1 unspecified atom stereocenters. The molecule has 0 fully saturated rings. The van der Waals surface area contributed by atoms with Gasteiger partial charge in [-0.3, -0.25) is 0 Å². The number of hydrogen-bond acceptors (Lipinski definition) is 3. The molecule has 0 aliphatic rings. The van der Waals surface area contributed by atoms with Gasteiger partial charge < -0.3 is 5.32 Å². The maximum Gasteiger partial charge on any atom is 0.164 e. The second-order valence-electron chi connectivity index (χ2n) is 5.12. The quantitative estimate of drug-likeness (QED) is 0.938. The number of rotatable bonds is 4. The second-order valence-corrected chi connectivity index (χ2v) is 5.12. The Hall–Kier alpha value is -1.88. The zero-order chi connectivity index (χ0) is 15.6. The van der Waals surface area contributed by atoms with Crippen molar-refractivity contribution >= 4 is 0 Å². The van der Waals surface area contributed by atoms with E-state index in [0.717, 1.165) is 11.3 Å². The van der Waals surface area contributed by atoms with Crippen LogP contribution >= 0.6 is 0 Å². The molecule has 0 radical (unpaired) electrons. The third-order valence-corrected chi connectivity index (χ3v) is 3.48. The van der Waals surface area contributed by atoms with Gasteiger partial charge in [-0.1, -0.05) is 19.1 Å². The fourth-order valence-electron chi connectivity index (χ4n) is 2.34. The van der Waals surface area contributed by atoms with Crippen LogP contribution < -0.4 is 5.32 Å². The molecule has 112 valence electrons. The van der Waals surface area contributed by atoms with E-state index in [4.69, 9.17) is 0 Å². The van der Waals surface area contributed by atoms with Crippen LogP contribution in [-0.2, 0) is 0 Å². The predicted molar refractivity (Wildman–Crippen MR) is 78.1 cm³/mol. The molecule has 0 saturated heterocycles. The lowest BCUT2D eigenvalue weighted by Crippen LogP contribution is -2.25. The smallest absolute Gasteiger partial charge is 0.164 e. The number of nitrogens with zero attached hydrogens (tertiary/aromatic N) is 2. The third-order valence-electron chi connectivity index (χ3n) is 3.48. The van der Waals surface area contributed by atoms with Crippen molar-refractivity contribution in [1.29, 1.82) is 0 Å². The Morgan fingerprint density at radius 1 is 1.05 bits per heavy atom. The third kappa shape index (κ3) is 3.08. The summed E-state index contributed by atoms with van der Waals surface area (Å²) in [5.74, 6) is -1.61. The van der Waals surface area contributed by atoms with E-state index in [1.807, 2.05) is 26.8 Å². The fraction of sp³-hybridized carbons (Fsp3) is 0.375. The Labute approximate surface area is 123 Å². The Balaban J connectivity index is 2.59. The van der Waals surface area contributed by atoms with Crippen LogP contribution in [0.4, 0.5) is 8.78 Å². The Morgan fingerprint density at radius 2 is 1.76 bits per heavy atom. The predicted octanol–water partition coefficient (Wildman–Crippen LogP) is 3.38. The lowest BCUT2D eigenvalue weighted by atomic mass is 9.95. The normalized spacial score (nSPS) is 12.5. The summed E-state index contributed by atoms with van der Waals surface area (Å²) < 4.78 is 28.2. The summed E-state index contributed by atoms with van der Waals surface area (Å²) in [5.41, 5.74) is 2.84. The van der Waals surface area contributed by atoms with Gasteiger partial charge in [-0.15, -0.1) is 0 Å². The van der Waals surface area contributed by atoms with Gasteiger partial charge >= 0.3 is 0 Å². The van der Waals surface area contributed by atoms with E-state index in [2.05, 4.69) is 15.5 Å². The topological polar surface area (TPSA) is 37.8 Å². The van der Waals surface area contributed by atoms with E-state index in [0.29, 0.717) is 17.8 Å². The molecule has 0 aliphatic heterocycles. The minimum absolute atomic E-state index is 0.287. The first-order chi connectivity index (χ1) is 9.95. The van der Waals surface area contributed by atoms with Crippen LogP contribution in [0.2, 0.25) is 0 Å². The number of halogens is 2. The van der Waals surface area contributed by atoms with Gasteiger partial charge in [0.2, 0.25) is 0 Å². The summed E-state index contributed by atoms with van der Waals surface area (Å²) >= 11 is 0. The molecule has 1 N–H and O–H groups in total. The molecular formula is C16H19F2N3. The van der Waals surface area contributed by atoms with Gasteiger partial charge in [0.15, 0.2) is 11.6 Å². The van der Waals surface area contributed by atoms with Crippen LogP contribution in [0, 0.1) is 32.4 Å². The van der Waals surface area contributed by atoms with Gasteiger partial charge in [-0.25, -0.2) is 8.78 Å². The summed E-state index contributed by atoms with van der Waals surface area (Å²) in [4.78, 5) is 0. The summed E-state index contributed by atoms with van der Waals surface area (Å²) in [7, 11) is 0. The van der Waals surface area contributed by atoms with E-state index in [-0.39, 0.29) is 5.56 Å². The number of aryl methyl sites for hydroxylation is 3. The van der Waals surface area contributed by atoms with Gasteiger partial charge in [0.05, 0.1) is 17.4 Å². The van der Waals surface area contributed by atoms with Crippen molar-refractivity contribution in [3.05, 3.63) is 57.9 Å². The lowest BCUT2D eigenvalue weighted by molar-refractivity contribution is 0.477. The SMILES string of the molecule is CCNC(c1cc(C)nnc1C)c1ccc(C)c(F)c1F. The molecule has 1 aromatic heterocycles. The van der Waals surface area contributed by atoms with Crippen LogP contribution in [0.25, 0.3) is 0 Å². The molecular weight excluding hydrogens is 272 g/mol. The van der Waals surface area contributed by atoms with Crippen LogP contribution in [0.1, 0.15) is 41.0 Å². The van der Waals surface area contributed by atoms with Crippen molar-refractivity contribution in [2.45, 2.75) is 33.7 Å². The summed E-state index contributed by atoms with van der Waals surface area (Å²) in [6.45, 7) is 7.74. The van der Waals surface area contributed by atoms with Crippen molar-refractivity contribution in [1.82, 2.24) is 15.5 Å².